The zero-order chi connectivity index (χ0) is 11.1. The van der Waals surface area contributed by atoms with Crippen molar-refractivity contribution in [3.05, 3.63) is 17.8 Å². The van der Waals surface area contributed by atoms with Gasteiger partial charge in [-0.25, -0.2) is 0 Å². The quantitative estimate of drug-likeness (QED) is 0.745. The van der Waals surface area contributed by atoms with Crippen LogP contribution >= 0.6 is 12.0 Å². The van der Waals surface area contributed by atoms with Crippen LogP contribution in [0.1, 0.15) is 18.4 Å². The normalized spacial score (nSPS) is 14.7. The molecule has 1 N–H and O–H groups in total. The molecule has 0 aliphatic carbocycles. The van der Waals surface area contributed by atoms with Crippen LogP contribution in [0.25, 0.3) is 0 Å². The highest BCUT2D eigenvalue weighted by Gasteiger charge is 2.13. The van der Waals surface area contributed by atoms with Gasteiger partial charge in [0.25, 0.3) is 0 Å². The highest BCUT2D eigenvalue weighted by molar-refractivity contribution is 7.93. The van der Waals surface area contributed by atoms with Gasteiger partial charge in [-0.15, -0.1) is 5.10 Å². The second-order valence-electron chi connectivity index (χ2n) is 3.47. The van der Waals surface area contributed by atoms with Gasteiger partial charge in [0.1, 0.15) is 0 Å². The molecule has 84 valence electrons. The first kappa shape index (κ1) is 12.3. The topological polar surface area (TPSA) is 49.3 Å². The zero-order valence-electron chi connectivity index (χ0n) is 9.18. The summed E-state index contributed by atoms with van der Waals surface area (Å²) in [4.78, 5) is 2.29. The Hall–Kier alpha value is -0.810. The van der Waals surface area contributed by atoms with Gasteiger partial charge in [0, 0.05) is 19.3 Å². The van der Waals surface area contributed by atoms with E-state index in [9.17, 15) is 0 Å². The Morgan fingerprint density at radius 2 is 2.00 bits per heavy atom. The highest BCUT2D eigenvalue weighted by Crippen LogP contribution is 2.16. The fourth-order valence-corrected chi connectivity index (χ4v) is 1.55. The minimum Gasteiger partial charge on any atom is -0.355 e. The van der Waals surface area contributed by atoms with Crippen molar-refractivity contribution >= 4 is 17.9 Å². The lowest BCUT2D eigenvalue weighted by molar-refractivity contribution is 0.669. The smallest absolute Gasteiger partial charge is 0.151 e. The maximum absolute atomic E-state index is 7.49. The molecule has 1 aromatic rings. The van der Waals surface area contributed by atoms with Crippen LogP contribution < -0.4 is 4.90 Å². The number of aromatic nitrogens is 2. The molecule has 1 fully saturated rings. The van der Waals surface area contributed by atoms with Crippen LogP contribution in [0, 0.1) is 6.92 Å². The zero-order valence-corrected chi connectivity index (χ0v) is 10.00. The summed E-state index contributed by atoms with van der Waals surface area (Å²) in [5, 5.41) is 8.03. The van der Waals surface area contributed by atoms with Crippen molar-refractivity contribution in [1.29, 1.82) is 0 Å². The molecule has 0 bridgehead atoms. The summed E-state index contributed by atoms with van der Waals surface area (Å²) in [6.45, 7) is 4.32. The lowest BCUT2D eigenvalue weighted by atomic mass is 10.3. The minimum absolute atomic E-state index is 0.750. The lowest BCUT2D eigenvalue weighted by Crippen LogP contribution is -2.19. The van der Waals surface area contributed by atoms with Gasteiger partial charge in [-0.05, 0) is 43.4 Å². The van der Waals surface area contributed by atoms with E-state index >= 15 is 0 Å². The van der Waals surface area contributed by atoms with Crippen LogP contribution in [0.3, 0.4) is 0 Å². The molecule has 1 aliphatic heterocycles. The van der Waals surface area contributed by atoms with Crippen molar-refractivity contribution < 1.29 is 4.55 Å². The highest BCUT2D eigenvalue weighted by atomic mass is 32.2. The van der Waals surface area contributed by atoms with Gasteiger partial charge in [0.05, 0.1) is 6.20 Å². The molecular formula is C10H17N3OS. The number of rotatable bonds is 1. The van der Waals surface area contributed by atoms with Crippen molar-refractivity contribution in [2.45, 2.75) is 19.8 Å². The standard InChI is InChI=1S/C9H13N3.CH4OS/c1-8-6-9(11-10-7-8)12-4-2-3-5-12;1-3-2/h6-7H,2-5H2,1H3;2H,1H3. The van der Waals surface area contributed by atoms with Gasteiger partial charge < -0.3 is 9.45 Å². The second-order valence-corrected chi connectivity index (χ2v) is 3.83. The van der Waals surface area contributed by atoms with E-state index in [-0.39, 0.29) is 0 Å². The summed E-state index contributed by atoms with van der Waals surface area (Å²) in [6, 6.07) is 2.10. The molecule has 2 heterocycles. The van der Waals surface area contributed by atoms with Gasteiger partial charge in [-0.2, -0.15) is 5.10 Å². The van der Waals surface area contributed by atoms with Gasteiger partial charge in [-0.3, -0.25) is 0 Å². The molecule has 0 amide bonds. The van der Waals surface area contributed by atoms with Crippen LogP contribution in [0.15, 0.2) is 12.3 Å². The van der Waals surface area contributed by atoms with Gasteiger partial charge in [0.15, 0.2) is 5.82 Å². The van der Waals surface area contributed by atoms with Gasteiger partial charge in [-0.1, -0.05) is 0 Å². The first-order valence-electron chi connectivity index (χ1n) is 4.99. The number of aryl methyl sites for hydroxylation is 1. The summed E-state index contributed by atoms with van der Waals surface area (Å²) in [7, 11) is 0. The Morgan fingerprint density at radius 1 is 1.40 bits per heavy atom. The maximum atomic E-state index is 7.49. The van der Waals surface area contributed by atoms with Crippen LogP contribution in [-0.2, 0) is 0 Å². The van der Waals surface area contributed by atoms with Crippen LogP contribution in [0.2, 0.25) is 0 Å². The third-order valence-electron chi connectivity index (χ3n) is 2.21. The summed E-state index contributed by atoms with van der Waals surface area (Å²) in [5.41, 5.74) is 1.19. The van der Waals surface area contributed by atoms with Gasteiger partial charge >= 0.3 is 0 Å². The Morgan fingerprint density at radius 3 is 2.53 bits per heavy atom. The van der Waals surface area contributed by atoms with Crippen molar-refractivity contribution in [3.8, 4) is 0 Å². The molecule has 0 saturated carbocycles. The molecule has 1 saturated heterocycles. The summed E-state index contributed by atoms with van der Waals surface area (Å²) in [5.74, 6) is 1.03. The third kappa shape index (κ3) is 4.05. The number of anilines is 1. The van der Waals surface area contributed by atoms with Crippen molar-refractivity contribution in [2.24, 2.45) is 0 Å². The molecule has 5 heteroatoms. The maximum Gasteiger partial charge on any atom is 0.151 e. The second kappa shape index (κ2) is 6.63. The van der Waals surface area contributed by atoms with Crippen LogP contribution in [0.5, 0.6) is 0 Å². The monoisotopic (exact) mass is 227 g/mol. The predicted molar refractivity (Wildman–Crippen MR) is 64.4 cm³/mol. The SMILES string of the molecule is CSO.Cc1cnnc(N2CCCC2)c1. The number of nitrogens with zero attached hydrogens (tertiary/aromatic N) is 3. The van der Waals surface area contributed by atoms with E-state index < -0.39 is 0 Å². The average Bonchev–Trinajstić information content (AvgIpc) is 2.71. The fraction of sp³-hybridized carbons (Fsp3) is 0.600. The first-order valence-corrected chi connectivity index (χ1v) is 6.18. The van der Waals surface area contributed by atoms with E-state index in [1.165, 1.54) is 18.4 Å². The Bertz CT molecular complexity index is 290. The number of hydrogen-bond acceptors (Lipinski definition) is 5. The first-order chi connectivity index (χ1) is 7.27. The minimum atomic E-state index is 0.750. The van der Waals surface area contributed by atoms with Gasteiger partial charge in [0.2, 0.25) is 0 Å². The average molecular weight is 227 g/mol. The predicted octanol–water partition coefficient (Wildman–Crippen LogP) is 2.21. The molecular weight excluding hydrogens is 210 g/mol. The Kier molecular flexibility index (Phi) is 5.42. The molecule has 0 spiro atoms. The summed E-state index contributed by atoms with van der Waals surface area (Å²) in [6.07, 6.45) is 5.96. The fourth-order valence-electron chi connectivity index (χ4n) is 1.55. The molecule has 0 radical (unpaired) electrons. The van der Waals surface area contributed by atoms with E-state index in [1.807, 2.05) is 6.92 Å². The molecule has 1 aliphatic rings. The van der Waals surface area contributed by atoms with Crippen LogP contribution in [0.4, 0.5) is 5.82 Å². The molecule has 2 rings (SSSR count). The molecule has 0 unspecified atom stereocenters. The molecule has 1 aromatic heterocycles. The van der Waals surface area contributed by atoms with Crippen molar-refractivity contribution in [3.63, 3.8) is 0 Å². The Labute approximate surface area is 94.9 Å². The Balaban J connectivity index is 0.000000337. The lowest BCUT2D eigenvalue weighted by Gasteiger charge is -2.14. The molecule has 0 atom stereocenters. The molecule has 15 heavy (non-hydrogen) atoms. The van der Waals surface area contributed by atoms with Crippen LogP contribution in [-0.4, -0.2) is 34.1 Å². The summed E-state index contributed by atoms with van der Waals surface area (Å²) < 4.78 is 7.49. The van der Waals surface area contributed by atoms with E-state index in [2.05, 4.69) is 21.2 Å². The van der Waals surface area contributed by atoms with Crippen molar-refractivity contribution in [2.75, 3.05) is 24.2 Å². The third-order valence-corrected chi connectivity index (χ3v) is 2.21. The van der Waals surface area contributed by atoms with E-state index in [0.29, 0.717) is 0 Å². The largest absolute Gasteiger partial charge is 0.355 e. The number of hydrogen-bond donors (Lipinski definition) is 1. The van der Waals surface area contributed by atoms with Crippen molar-refractivity contribution in [1.82, 2.24) is 10.2 Å². The van der Waals surface area contributed by atoms with E-state index in [0.717, 1.165) is 31.0 Å². The van der Waals surface area contributed by atoms with E-state index in [4.69, 9.17) is 4.55 Å². The van der Waals surface area contributed by atoms with E-state index in [1.54, 1.807) is 12.5 Å². The molecule has 0 aromatic carbocycles. The molecule has 4 nitrogen and oxygen atoms in total. The summed E-state index contributed by atoms with van der Waals surface area (Å²) >= 11 is 0.750.